The molecule has 108 valence electrons. The molecule has 0 saturated heterocycles. The standard InChI is InChI=1S/C13H20ClFN2O2/c1-13(8-16,7-12(18-2)19-3)17-11-6-9(15)4-5-10(11)14/h4-6,12,17H,7-8,16H2,1-3H3. The SMILES string of the molecule is COC(CC(C)(CN)Nc1cc(F)ccc1Cl)OC. The van der Waals surface area contributed by atoms with Crippen molar-refractivity contribution in [3.05, 3.63) is 29.0 Å². The van der Waals surface area contributed by atoms with Crippen LogP contribution in [0.3, 0.4) is 0 Å². The van der Waals surface area contributed by atoms with E-state index in [0.717, 1.165) is 0 Å². The number of methoxy groups -OCH3 is 2. The Morgan fingerprint density at radius 2 is 2.05 bits per heavy atom. The Morgan fingerprint density at radius 3 is 2.58 bits per heavy atom. The molecule has 6 heteroatoms. The molecule has 0 radical (unpaired) electrons. The molecule has 0 aliphatic heterocycles. The number of anilines is 1. The first-order valence-electron chi connectivity index (χ1n) is 5.93. The molecule has 0 spiro atoms. The second-order valence-electron chi connectivity index (χ2n) is 4.62. The summed E-state index contributed by atoms with van der Waals surface area (Å²) in [6, 6.07) is 4.14. The van der Waals surface area contributed by atoms with Gasteiger partial charge in [0, 0.05) is 27.2 Å². The minimum Gasteiger partial charge on any atom is -0.377 e. The van der Waals surface area contributed by atoms with Crippen molar-refractivity contribution in [2.24, 2.45) is 5.73 Å². The fourth-order valence-electron chi connectivity index (χ4n) is 1.73. The van der Waals surface area contributed by atoms with Crippen LogP contribution in [0.15, 0.2) is 18.2 Å². The molecule has 1 rings (SSSR count). The third-order valence-corrected chi connectivity index (χ3v) is 3.29. The molecule has 19 heavy (non-hydrogen) atoms. The van der Waals surface area contributed by atoms with Crippen LogP contribution in [0.25, 0.3) is 0 Å². The number of benzene rings is 1. The van der Waals surface area contributed by atoms with Crippen LogP contribution >= 0.6 is 11.6 Å². The number of hydrogen-bond acceptors (Lipinski definition) is 4. The summed E-state index contributed by atoms with van der Waals surface area (Å²) >= 11 is 6.03. The van der Waals surface area contributed by atoms with Gasteiger partial charge in [0.1, 0.15) is 5.82 Å². The molecule has 1 aromatic carbocycles. The molecule has 3 N–H and O–H groups in total. The molecule has 0 heterocycles. The van der Waals surface area contributed by atoms with Crippen molar-refractivity contribution >= 4 is 17.3 Å². The van der Waals surface area contributed by atoms with Crippen molar-refractivity contribution in [2.45, 2.75) is 25.2 Å². The molecule has 0 aliphatic carbocycles. The summed E-state index contributed by atoms with van der Waals surface area (Å²) in [4.78, 5) is 0. The van der Waals surface area contributed by atoms with Gasteiger partial charge in [0.25, 0.3) is 0 Å². The van der Waals surface area contributed by atoms with Crippen LogP contribution < -0.4 is 11.1 Å². The van der Waals surface area contributed by atoms with Crippen LogP contribution in [0.1, 0.15) is 13.3 Å². The number of rotatable bonds is 7. The quantitative estimate of drug-likeness (QED) is 0.758. The topological polar surface area (TPSA) is 56.5 Å². The highest BCUT2D eigenvalue weighted by molar-refractivity contribution is 6.33. The molecular weight excluding hydrogens is 271 g/mol. The summed E-state index contributed by atoms with van der Waals surface area (Å²) in [5.41, 5.74) is 5.77. The molecule has 0 aliphatic rings. The minimum absolute atomic E-state index is 0.322. The van der Waals surface area contributed by atoms with Crippen LogP contribution in [0.5, 0.6) is 0 Å². The Hall–Kier alpha value is -0.880. The predicted molar refractivity (Wildman–Crippen MR) is 74.9 cm³/mol. The van der Waals surface area contributed by atoms with Gasteiger partial charge in [-0.05, 0) is 25.1 Å². The van der Waals surface area contributed by atoms with E-state index in [1.807, 2.05) is 6.92 Å². The number of hydrogen-bond donors (Lipinski definition) is 2. The van der Waals surface area contributed by atoms with Gasteiger partial charge in [-0.15, -0.1) is 0 Å². The molecule has 0 bridgehead atoms. The van der Waals surface area contributed by atoms with Gasteiger partial charge in [-0.2, -0.15) is 0 Å². The third-order valence-electron chi connectivity index (χ3n) is 2.96. The second-order valence-corrected chi connectivity index (χ2v) is 5.03. The van der Waals surface area contributed by atoms with E-state index >= 15 is 0 Å². The fraction of sp³-hybridized carbons (Fsp3) is 0.538. The highest BCUT2D eigenvalue weighted by Gasteiger charge is 2.27. The maximum absolute atomic E-state index is 13.2. The van der Waals surface area contributed by atoms with Gasteiger partial charge >= 0.3 is 0 Å². The highest BCUT2D eigenvalue weighted by atomic mass is 35.5. The average molecular weight is 291 g/mol. The van der Waals surface area contributed by atoms with Crippen molar-refractivity contribution in [3.63, 3.8) is 0 Å². The summed E-state index contributed by atoms with van der Waals surface area (Å²) in [7, 11) is 3.11. The Labute approximate surface area is 118 Å². The lowest BCUT2D eigenvalue weighted by Crippen LogP contribution is -2.46. The molecule has 1 aromatic rings. The van der Waals surface area contributed by atoms with Crippen LogP contribution in [-0.2, 0) is 9.47 Å². The first kappa shape index (κ1) is 16.2. The Kier molecular flexibility index (Phi) is 6.00. The van der Waals surface area contributed by atoms with Gasteiger partial charge in [-0.25, -0.2) is 4.39 Å². The van der Waals surface area contributed by atoms with Crippen molar-refractivity contribution in [3.8, 4) is 0 Å². The molecular formula is C13H20ClFN2O2. The number of halogens is 2. The predicted octanol–water partition coefficient (Wildman–Crippen LogP) is 2.62. The summed E-state index contributed by atoms with van der Waals surface area (Å²) in [5, 5.41) is 3.59. The molecule has 4 nitrogen and oxygen atoms in total. The van der Waals surface area contributed by atoms with Gasteiger partial charge < -0.3 is 20.5 Å². The monoisotopic (exact) mass is 290 g/mol. The van der Waals surface area contributed by atoms with Crippen LogP contribution in [0, 0.1) is 5.82 Å². The smallest absolute Gasteiger partial charge is 0.159 e. The van der Waals surface area contributed by atoms with Gasteiger partial charge in [-0.3, -0.25) is 0 Å². The van der Waals surface area contributed by atoms with Crippen molar-refractivity contribution in [2.75, 3.05) is 26.1 Å². The zero-order valence-corrected chi connectivity index (χ0v) is 12.1. The van der Waals surface area contributed by atoms with Gasteiger partial charge in [-0.1, -0.05) is 11.6 Å². The zero-order chi connectivity index (χ0) is 14.5. The Morgan fingerprint density at radius 1 is 1.42 bits per heavy atom. The maximum Gasteiger partial charge on any atom is 0.159 e. The molecule has 0 aromatic heterocycles. The van der Waals surface area contributed by atoms with Crippen LogP contribution in [0.2, 0.25) is 5.02 Å². The lowest BCUT2D eigenvalue weighted by molar-refractivity contribution is -0.113. The summed E-state index contributed by atoms with van der Waals surface area (Å²) in [6.45, 7) is 2.22. The normalized spacial score (nSPS) is 14.5. The zero-order valence-electron chi connectivity index (χ0n) is 11.4. The van der Waals surface area contributed by atoms with E-state index in [1.54, 1.807) is 14.2 Å². The summed E-state index contributed by atoms with van der Waals surface area (Å²) in [5.74, 6) is -0.360. The first-order valence-corrected chi connectivity index (χ1v) is 6.31. The van der Waals surface area contributed by atoms with Crippen LogP contribution in [-0.4, -0.2) is 32.6 Å². The number of ether oxygens (including phenoxy) is 2. The van der Waals surface area contributed by atoms with E-state index < -0.39 is 11.8 Å². The van der Waals surface area contributed by atoms with Crippen molar-refractivity contribution < 1.29 is 13.9 Å². The Bertz CT molecular complexity index is 416. The van der Waals surface area contributed by atoms with Crippen molar-refractivity contribution in [1.82, 2.24) is 0 Å². The average Bonchev–Trinajstić information content (AvgIpc) is 2.40. The fourth-order valence-corrected chi connectivity index (χ4v) is 1.90. The molecule has 1 unspecified atom stereocenters. The highest BCUT2D eigenvalue weighted by Crippen LogP contribution is 2.27. The van der Waals surface area contributed by atoms with E-state index in [4.69, 9.17) is 26.8 Å². The van der Waals surface area contributed by atoms with E-state index in [-0.39, 0.29) is 5.82 Å². The molecule has 1 atom stereocenters. The van der Waals surface area contributed by atoms with Crippen molar-refractivity contribution in [1.29, 1.82) is 0 Å². The van der Waals surface area contributed by atoms with Gasteiger partial charge in [0.2, 0.25) is 0 Å². The van der Waals surface area contributed by atoms with Crippen LogP contribution in [0.4, 0.5) is 10.1 Å². The minimum atomic E-state index is -0.520. The van der Waals surface area contributed by atoms with E-state index in [0.29, 0.717) is 23.7 Å². The molecule has 0 saturated carbocycles. The summed E-state index contributed by atoms with van der Waals surface area (Å²) in [6.07, 6.45) is 0.108. The first-order chi connectivity index (χ1) is 8.94. The number of nitrogens with one attached hydrogen (secondary N) is 1. The van der Waals surface area contributed by atoms with Gasteiger partial charge in [0.15, 0.2) is 6.29 Å². The Balaban J connectivity index is 2.87. The maximum atomic E-state index is 13.2. The van der Waals surface area contributed by atoms with E-state index in [2.05, 4.69) is 5.32 Å². The molecule has 0 fully saturated rings. The molecule has 0 amide bonds. The second kappa shape index (κ2) is 7.05. The summed E-state index contributed by atoms with van der Waals surface area (Å²) < 4.78 is 23.6. The third kappa shape index (κ3) is 4.62. The lowest BCUT2D eigenvalue weighted by Gasteiger charge is -2.33. The number of nitrogens with two attached hydrogens (primary N) is 1. The van der Waals surface area contributed by atoms with E-state index in [1.165, 1.54) is 18.2 Å². The lowest BCUT2D eigenvalue weighted by atomic mass is 9.97. The van der Waals surface area contributed by atoms with E-state index in [9.17, 15) is 4.39 Å². The van der Waals surface area contributed by atoms with Gasteiger partial charge in [0.05, 0.1) is 16.2 Å². The largest absolute Gasteiger partial charge is 0.377 e.